The summed E-state index contributed by atoms with van der Waals surface area (Å²) in [5.41, 5.74) is 1.72. The number of nitro groups is 1. The topological polar surface area (TPSA) is 121 Å². The van der Waals surface area contributed by atoms with E-state index in [2.05, 4.69) is 0 Å². The van der Waals surface area contributed by atoms with Crippen LogP contribution in [0.2, 0.25) is 0 Å². The van der Waals surface area contributed by atoms with E-state index in [-0.39, 0.29) is 10.6 Å². The number of esters is 1. The third-order valence-corrected chi connectivity index (χ3v) is 6.27. The summed E-state index contributed by atoms with van der Waals surface area (Å²) in [5.74, 6) is -1.51. The first kappa shape index (κ1) is 21.2. The van der Waals surface area contributed by atoms with E-state index in [9.17, 15) is 28.1 Å². The molecule has 0 spiro atoms. The zero-order valence-corrected chi connectivity index (χ0v) is 16.4. The molecule has 0 aliphatic carbocycles. The lowest BCUT2D eigenvalue weighted by molar-refractivity contribution is -0.384. The predicted octanol–water partition coefficient (Wildman–Crippen LogP) is 2.80. The maximum absolute atomic E-state index is 12.5. The second kappa shape index (κ2) is 8.30. The molecule has 0 saturated carbocycles. The number of Topliss-reactive ketones (excluding diaryl/α,β-unsaturated/α-hetero) is 1. The Balaban J connectivity index is 2.09. The number of rotatable bonds is 7. The van der Waals surface area contributed by atoms with Crippen LogP contribution in [0.5, 0.6) is 0 Å². The molecule has 9 heteroatoms. The van der Waals surface area contributed by atoms with Crippen LogP contribution in [0.15, 0.2) is 47.4 Å². The van der Waals surface area contributed by atoms with Crippen molar-refractivity contribution in [3.05, 3.63) is 69.3 Å². The standard InChI is InChI=1S/C19H19NO7S/c1-12-4-5-13(2)17(10-12)18(21)11-27-19(22)14(3)28(25,26)16-8-6-15(7-9-16)20(23)24/h4-10,14H,11H2,1-3H3/t14-/m1/s1. The number of nitrogens with zero attached hydrogens (tertiary/aromatic N) is 1. The van der Waals surface area contributed by atoms with E-state index in [0.717, 1.165) is 42.3 Å². The molecule has 28 heavy (non-hydrogen) atoms. The largest absolute Gasteiger partial charge is 0.456 e. The zero-order valence-electron chi connectivity index (χ0n) is 15.5. The number of sulfone groups is 1. The van der Waals surface area contributed by atoms with E-state index in [1.807, 2.05) is 13.0 Å². The van der Waals surface area contributed by atoms with Crippen molar-refractivity contribution in [2.45, 2.75) is 30.9 Å². The highest BCUT2D eigenvalue weighted by Crippen LogP contribution is 2.21. The van der Waals surface area contributed by atoms with Crippen LogP contribution in [-0.4, -0.2) is 37.0 Å². The van der Waals surface area contributed by atoms with Gasteiger partial charge in [0.15, 0.2) is 21.7 Å². The molecule has 2 rings (SSSR count). The highest BCUT2D eigenvalue weighted by molar-refractivity contribution is 7.92. The fourth-order valence-electron chi connectivity index (χ4n) is 2.46. The minimum absolute atomic E-state index is 0.247. The summed E-state index contributed by atoms with van der Waals surface area (Å²) in [6.07, 6.45) is 0. The Morgan fingerprint density at radius 2 is 1.71 bits per heavy atom. The first-order valence-electron chi connectivity index (χ1n) is 8.29. The molecule has 0 amide bonds. The fraction of sp³-hybridized carbons (Fsp3) is 0.263. The first-order chi connectivity index (χ1) is 13.0. The molecule has 0 N–H and O–H groups in total. The van der Waals surface area contributed by atoms with Crippen molar-refractivity contribution in [1.82, 2.24) is 0 Å². The van der Waals surface area contributed by atoms with Gasteiger partial charge < -0.3 is 4.74 Å². The highest BCUT2D eigenvalue weighted by Gasteiger charge is 2.32. The number of non-ortho nitro benzene ring substituents is 1. The predicted molar refractivity (Wildman–Crippen MR) is 101 cm³/mol. The highest BCUT2D eigenvalue weighted by atomic mass is 32.2. The van der Waals surface area contributed by atoms with Crippen molar-refractivity contribution in [3.63, 3.8) is 0 Å². The van der Waals surface area contributed by atoms with Gasteiger partial charge in [-0.2, -0.15) is 0 Å². The molecule has 0 aromatic heterocycles. The van der Waals surface area contributed by atoms with Gasteiger partial charge in [0.1, 0.15) is 0 Å². The summed E-state index contributed by atoms with van der Waals surface area (Å²) in [7, 11) is -4.12. The van der Waals surface area contributed by atoms with Gasteiger partial charge in [0, 0.05) is 17.7 Å². The molecule has 2 aromatic carbocycles. The Labute approximate surface area is 162 Å². The molecule has 0 bridgehead atoms. The van der Waals surface area contributed by atoms with Crippen LogP contribution in [0.3, 0.4) is 0 Å². The lowest BCUT2D eigenvalue weighted by Gasteiger charge is -2.13. The van der Waals surface area contributed by atoms with E-state index in [0.29, 0.717) is 5.56 Å². The summed E-state index contributed by atoms with van der Waals surface area (Å²) in [6, 6.07) is 9.46. The third-order valence-electron chi connectivity index (χ3n) is 4.21. The Morgan fingerprint density at radius 3 is 2.29 bits per heavy atom. The van der Waals surface area contributed by atoms with Gasteiger partial charge in [-0.05, 0) is 44.5 Å². The van der Waals surface area contributed by atoms with Gasteiger partial charge in [0.05, 0.1) is 9.82 Å². The number of carbonyl (C=O) groups excluding carboxylic acids is 2. The Hall–Kier alpha value is -3.07. The molecule has 0 saturated heterocycles. The van der Waals surface area contributed by atoms with Crippen LogP contribution in [-0.2, 0) is 19.4 Å². The van der Waals surface area contributed by atoms with Gasteiger partial charge in [0.25, 0.3) is 5.69 Å². The molecule has 0 radical (unpaired) electrons. The number of ketones is 1. The number of hydrogen-bond acceptors (Lipinski definition) is 7. The van der Waals surface area contributed by atoms with Crippen molar-refractivity contribution in [1.29, 1.82) is 0 Å². The Bertz CT molecular complexity index is 1030. The minimum atomic E-state index is -4.12. The van der Waals surface area contributed by atoms with E-state index >= 15 is 0 Å². The number of hydrogen-bond donors (Lipinski definition) is 0. The van der Waals surface area contributed by atoms with Gasteiger partial charge in [-0.3, -0.25) is 19.7 Å². The van der Waals surface area contributed by atoms with Gasteiger partial charge in [-0.1, -0.05) is 17.7 Å². The maximum atomic E-state index is 12.5. The second-order valence-corrected chi connectivity index (χ2v) is 8.56. The van der Waals surface area contributed by atoms with Crippen molar-refractivity contribution in [3.8, 4) is 0 Å². The van der Waals surface area contributed by atoms with Crippen molar-refractivity contribution >= 4 is 27.3 Å². The first-order valence-corrected chi connectivity index (χ1v) is 9.84. The van der Waals surface area contributed by atoms with E-state index in [1.165, 1.54) is 0 Å². The maximum Gasteiger partial charge on any atom is 0.324 e. The van der Waals surface area contributed by atoms with Crippen LogP contribution in [0, 0.1) is 24.0 Å². The van der Waals surface area contributed by atoms with Crippen molar-refractivity contribution in [2.24, 2.45) is 0 Å². The molecular weight excluding hydrogens is 386 g/mol. The number of nitro benzene ring substituents is 1. The lowest BCUT2D eigenvalue weighted by atomic mass is 10.0. The molecule has 0 aliphatic rings. The normalized spacial score (nSPS) is 12.2. The minimum Gasteiger partial charge on any atom is -0.456 e. The Kier molecular flexibility index (Phi) is 6.30. The lowest BCUT2D eigenvalue weighted by Crippen LogP contribution is -2.30. The van der Waals surface area contributed by atoms with E-state index < -0.39 is 38.4 Å². The van der Waals surface area contributed by atoms with Gasteiger partial charge >= 0.3 is 5.97 Å². The number of carbonyl (C=O) groups is 2. The molecule has 0 heterocycles. The van der Waals surface area contributed by atoms with Gasteiger partial charge in [0.2, 0.25) is 5.78 Å². The van der Waals surface area contributed by atoms with Crippen LogP contribution >= 0.6 is 0 Å². The van der Waals surface area contributed by atoms with E-state index in [4.69, 9.17) is 4.74 Å². The zero-order chi connectivity index (χ0) is 21.1. The van der Waals surface area contributed by atoms with Gasteiger partial charge in [-0.25, -0.2) is 8.42 Å². The van der Waals surface area contributed by atoms with Crippen LogP contribution in [0.1, 0.15) is 28.4 Å². The summed E-state index contributed by atoms with van der Waals surface area (Å²) in [6.45, 7) is 4.13. The smallest absolute Gasteiger partial charge is 0.324 e. The molecule has 148 valence electrons. The summed E-state index contributed by atoms with van der Waals surface area (Å²) in [5, 5.41) is 9.10. The summed E-state index contributed by atoms with van der Waals surface area (Å²) in [4.78, 5) is 34.2. The molecule has 0 aliphatic heterocycles. The summed E-state index contributed by atoms with van der Waals surface area (Å²) < 4.78 is 29.9. The SMILES string of the molecule is Cc1ccc(C)c(C(=O)COC(=O)[C@@H](C)S(=O)(=O)c2ccc([N+](=O)[O-])cc2)c1. The third kappa shape index (κ3) is 4.61. The molecular formula is C19H19NO7S. The molecule has 8 nitrogen and oxygen atoms in total. The van der Waals surface area contributed by atoms with Crippen molar-refractivity contribution < 1.29 is 27.7 Å². The average molecular weight is 405 g/mol. The Morgan fingerprint density at radius 1 is 1.11 bits per heavy atom. The van der Waals surface area contributed by atoms with Crippen LogP contribution < -0.4 is 0 Å². The number of aryl methyl sites for hydroxylation is 2. The molecule has 1 atom stereocenters. The monoisotopic (exact) mass is 405 g/mol. The second-order valence-electron chi connectivity index (χ2n) is 6.29. The average Bonchev–Trinajstić information content (AvgIpc) is 2.67. The molecule has 0 unspecified atom stereocenters. The van der Waals surface area contributed by atoms with Crippen LogP contribution in [0.4, 0.5) is 5.69 Å². The summed E-state index contributed by atoms with van der Waals surface area (Å²) >= 11 is 0. The molecule has 0 fully saturated rings. The number of benzene rings is 2. The quantitative estimate of drug-likeness (QED) is 0.300. The van der Waals surface area contributed by atoms with E-state index in [1.54, 1.807) is 19.1 Å². The molecule has 2 aromatic rings. The van der Waals surface area contributed by atoms with Crippen molar-refractivity contribution in [2.75, 3.05) is 6.61 Å². The number of ether oxygens (including phenoxy) is 1. The van der Waals surface area contributed by atoms with Gasteiger partial charge in [-0.15, -0.1) is 0 Å². The van der Waals surface area contributed by atoms with Crippen LogP contribution in [0.25, 0.3) is 0 Å². The fourth-order valence-corrected chi connectivity index (χ4v) is 3.70.